The predicted octanol–water partition coefficient (Wildman–Crippen LogP) is 3.11. The van der Waals surface area contributed by atoms with Crippen LogP contribution in [0.3, 0.4) is 0 Å². The van der Waals surface area contributed by atoms with E-state index >= 15 is 0 Å². The van der Waals surface area contributed by atoms with Crippen molar-refractivity contribution in [1.29, 1.82) is 0 Å². The standard InChI is InChI=1S/C6H10Br2/c7-5-3-1-2-4-6-8/h1-2H,3-6H2. The second-order valence-electron chi connectivity index (χ2n) is 1.43. The van der Waals surface area contributed by atoms with E-state index in [1.165, 1.54) is 0 Å². The maximum Gasteiger partial charge on any atom is 0.00659 e. The Labute approximate surface area is 67.6 Å². The molecule has 0 N–H and O–H groups in total. The topological polar surface area (TPSA) is 0 Å². The fourth-order valence-corrected chi connectivity index (χ4v) is 0.890. The second-order valence-corrected chi connectivity index (χ2v) is 3.01. The molecule has 0 saturated heterocycles. The molecule has 0 aromatic heterocycles. The van der Waals surface area contributed by atoms with Crippen LogP contribution in [-0.4, -0.2) is 10.7 Å². The molecule has 2 heteroatoms. The number of allylic oxidation sites excluding steroid dienone is 2. The van der Waals surface area contributed by atoms with Gasteiger partial charge in [-0.25, -0.2) is 0 Å². The molecule has 8 heavy (non-hydrogen) atoms. The summed E-state index contributed by atoms with van der Waals surface area (Å²) in [6, 6.07) is 0. The van der Waals surface area contributed by atoms with Crippen molar-refractivity contribution < 1.29 is 0 Å². The van der Waals surface area contributed by atoms with Gasteiger partial charge in [0.25, 0.3) is 0 Å². The Bertz CT molecular complexity index is 51.5. The zero-order valence-corrected chi connectivity index (χ0v) is 7.91. The van der Waals surface area contributed by atoms with Gasteiger partial charge in [0.15, 0.2) is 0 Å². The maximum atomic E-state index is 3.34. The highest BCUT2D eigenvalue weighted by atomic mass is 79.9. The van der Waals surface area contributed by atoms with Crippen LogP contribution in [0.25, 0.3) is 0 Å². The van der Waals surface area contributed by atoms with Gasteiger partial charge in [0, 0.05) is 10.7 Å². The lowest BCUT2D eigenvalue weighted by Gasteiger charge is -1.81. The predicted molar refractivity (Wildman–Crippen MR) is 46.0 cm³/mol. The smallest absolute Gasteiger partial charge is 0.00659 e. The van der Waals surface area contributed by atoms with Crippen molar-refractivity contribution >= 4 is 31.9 Å². The number of hydrogen-bond acceptors (Lipinski definition) is 0. The molecular weight excluding hydrogens is 232 g/mol. The molecule has 0 rings (SSSR count). The third kappa shape index (κ3) is 6.70. The zero-order valence-electron chi connectivity index (χ0n) is 4.74. The Balaban J connectivity index is 2.83. The highest BCUT2D eigenvalue weighted by molar-refractivity contribution is 9.09. The molecule has 0 bridgehead atoms. The van der Waals surface area contributed by atoms with Crippen LogP contribution in [0.15, 0.2) is 12.2 Å². The van der Waals surface area contributed by atoms with Gasteiger partial charge in [-0.2, -0.15) is 0 Å². The summed E-state index contributed by atoms with van der Waals surface area (Å²) in [5.74, 6) is 0. The first-order valence-corrected chi connectivity index (χ1v) is 4.93. The summed E-state index contributed by atoms with van der Waals surface area (Å²) in [7, 11) is 0. The Kier molecular flexibility index (Phi) is 8.37. The highest BCUT2D eigenvalue weighted by Gasteiger charge is 1.73. The van der Waals surface area contributed by atoms with Crippen LogP contribution < -0.4 is 0 Å². The number of alkyl halides is 2. The summed E-state index contributed by atoms with van der Waals surface area (Å²) < 4.78 is 0. The molecule has 0 aliphatic carbocycles. The van der Waals surface area contributed by atoms with Crippen molar-refractivity contribution in [2.45, 2.75) is 12.8 Å². The van der Waals surface area contributed by atoms with E-state index in [1.54, 1.807) is 0 Å². The first kappa shape index (κ1) is 8.70. The molecule has 0 unspecified atom stereocenters. The third-order valence-electron chi connectivity index (χ3n) is 0.718. The van der Waals surface area contributed by atoms with Crippen LogP contribution in [-0.2, 0) is 0 Å². The Morgan fingerprint density at radius 3 is 1.50 bits per heavy atom. The minimum absolute atomic E-state index is 1.08. The van der Waals surface area contributed by atoms with Gasteiger partial charge in [0.2, 0.25) is 0 Å². The van der Waals surface area contributed by atoms with Crippen LogP contribution in [0.2, 0.25) is 0 Å². The van der Waals surface area contributed by atoms with Crippen LogP contribution in [0.4, 0.5) is 0 Å². The van der Waals surface area contributed by atoms with Gasteiger partial charge in [-0.3, -0.25) is 0 Å². The van der Waals surface area contributed by atoms with Gasteiger partial charge < -0.3 is 0 Å². The molecule has 48 valence electrons. The van der Waals surface area contributed by atoms with Crippen molar-refractivity contribution in [3.63, 3.8) is 0 Å². The molecule has 0 amide bonds. The molecule has 0 aliphatic rings. The first-order valence-electron chi connectivity index (χ1n) is 2.68. The van der Waals surface area contributed by atoms with Gasteiger partial charge >= 0.3 is 0 Å². The number of rotatable bonds is 4. The van der Waals surface area contributed by atoms with Crippen LogP contribution in [0.5, 0.6) is 0 Å². The molecule has 0 heterocycles. The van der Waals surface area contributed by atoms with E-state index in [0.717, 1.165) is 23.5 Å². The van der Waals surface area contributed by atoms with E-state index in [4.69, 9.17) is 0 Å². The van der Waals surface area contributed by atoms with Crippen molar-refractivity contribution in [1.82, 2.24) is 0 Å². The minimum atomic E-state index is 1.08. The second kappa shape index (κ2) is 7.70. The molecule has 0 aromatic carbocycles. The lowest BCUT2D eigenvalue weighted by Crippen LogP contribution is -1.67. The molecular formula is C6H10Br2. The maximum absolute atomic E-state index is 3.34. The molecule has 0 nitrogen and oxygen atoms in total. The molecule has 0 aliphatic heterocycles. The number of hydrogen-bond donors (Lipinski definition) is 0. The zero-order chi connectivity index (χ0) is 6.24. The lowest BCUT2D eigenvalue weighted by atomic mass is 10.4. The van der Waals surface area contributed by atoms with E-state index in [-0.39, 0.29) is 0 Å². The van der Waals surface area contributed by atoms with Crippen molar-refractivity contribution in [2.24, 2.45) is 0 Å². The average Bonchev–Trinajstić information content (AvgIpc) is 1.81. The van der Waals surface area contributed by atoms with Gasteiger partial charge in [0.1, 0.15) is 0 Å². The Hall–Kier alpha value is 0.700. The fourth-order valence-electron chi connectivity index (χ4n) is 0.362. The summed E-state index contributed by atoms with van der Waals surface area (Å²) >= 11 is 6.68. The van der Waals surface area contributed by atoms with Gasteiger partial charge in [-0.15, -0.1) is 0 Å². The summed E-state index contributed by atoms with van der Waals surface area (Å²) in [5.41, 5.74) is 0. The van der Waals surface area contributed by atoms with Crippen molar-refractivity contribution in [3.05, 3.63) is 12.2 Å². The largest absolute Gasteiger partial charge is 0.0925 e. The summed E-state index contributed by atoms with van der Waals surface area (Å²) in [5, 5.41) is 2.15. The summed E-state index contributed by atoms with van der Waals surface area (Å²) in [6.07, 6.45) is 6.67. The average molecular weight is 242 g/mol. The SMILES string of the molecule is BrCCC=CCCBr. The quantitative estimate of drug-likeness (QED) is 0.524. The normalized spacial score (nSPS) is 10.8. The summed E-state index contributed by atoms with van der Waals surface area (Å²) in [4.78, 5) is 0. The van der Waals surface area contributed by atoms with Crippen LogP contribution >= 0.6 is 31.9 Å². The van der Waals surface area contributed by atoms with Gasteiger partial charge in [-0.05, 0) is 12.8 Å². The van der Waals surface area contributed by atoms with Crippen molar-refractivity contribution in [3.8, 4) is 0 Å². The third-order valence-corrected chi connectivity index (χ3v) is 1.63. The number of halogens is 2. The van der Waals surface area contributed by atoms with E-state index in [2.05, 4.69) is 44.0 Å². The fraction of sp³-hybridized carbons (Fsp3) is 0.667. The van der Waals surface area contributed by atoms with Gasteiger partial charge in [0.05, 0.1) is 0 Å². The van der Waals surface area contributed by atoms with Crippen molar-refractivity contribution in [2.75, 3.05) is 10.7 Å². The lowest BCUT2D eigenvalue weighted by molar-refractivity contribution is 1.19. The minimum Gasteiger partial charge on any atom is -0.0925 e. The molecule has 0 atom stereocenters. The monoisotopic (exact) mass is 240 g/mol. The van der Waals surface area contributed by atoms with Crippen LogP contribution in [0.1, 0.15) is 12.8 Å². The van der Waals surface area contributed by atoms with E-state index in [0.29, 0.717) is 0 Å². The summed E-state index contributed by atoms with van der Waals surface area (Å²) in [6.45, 7) is 0. The highest BCUT2D eigenvalue weighted by Crippen LogP contribution is 1.93. The van der Waals surface area contributed by atoms with E-state index in [1.807, 2.05) is 0 Å². The molecule has 0 fully saturated rings. The first-order chi connectivity index (χ1) is 3.91. The Morgan fingerprint density at radius 1 is 0.875 bits per heavy atom. The van der Waals surface area contributed by atoms with Gasteiger partial charge in [-0.1, -0.05) is 44.0 Å². The van der Waals surface area contributed by atoms with E-state index in [9.17, 15) is 0 Å². The molecule has 0 radical (unpaired) electrons. The molecule has 0 spiro atoms. The van der Waals surface area contributed by atoms with Crippen LogP contribution in [0, 0.1) is 0 Å². The Morgan fingerprint density at radius 2 is 1.25 bits per heavy atom. The molecule has 0 saturated carbocycles. The van der Waals surface area contributed by atoms with E-state index < -0.39 is 0 Å². The molecule has 0 aromatic rings.